The number of fused-ring (bicyclic) bond motifs is 4. The van der Waals surface area contributed by atoms with Gasteiger partial charge in [0, 0.05) is 10.8 Å². The molecule has 0 spiro atoms. The van der Waals surface area contributed by atoms with E-state index in [4.69, 9.17) is 0 Å². The summed E-state index contributed by atoms with van der Waals surface area (Å²) in [5.41, 5.74) is 3.82. The average Bonchev–Trinajstić information content (AvgIpc) is 3.15. The Labute approximate surface area is 132 Å². The summed E-state index contributed by atoms with van der Waals surface area (Å²) in [4.78, 5) is 0. The number of para-hydroxylation sites is 1. The quantitative estimate of drug-likeness (QED) is 0.358. The van der Waals surface area contributed by atoms with Gasteiger partial charge in [-0.2, -0.15) is 0 Å². The third-order valence-corrected chi connectivity index (χ3v) is 5.22. The average molecular weight is 299 g/mol. The highest BCUT2D eigenvalue weighted by Gasteiger charge is 2.14. The van der Waals surface area contributed by atoms with Gasteiger partial charge in [0.2, 0.25) is 0 Å². The highest BCUT2D eigenvalue weighted by molar-refractivity contribution is 7.18. The molecule has 0 aliphatic carbocycles. The predicted octanol–water partition coefficient (Wildman–Crippen LogP) is 6.00. The van der Waals surface area contributed by atoms with E-state index in [2.05, 4.69) is 82.7 Å². The van der Waals surface area contributed by atoms with Crippen molar-refractivity contribution in [3.05, 3.63) is 78.2 Å². The van der Waals surface area contributed by atoms with Gasteiger partial charge in [-0.3, -0.25) is 0 Å². The van der Waals surface area contributed by atoms with Crippen LogP contribution in [0.15, 0.2) is 78.2 Å². The van der Waals surface area contributed by atoms with Crippen LogP contribution in [0.1, 0.15) is 0 Å². The summed E-state index contributed by atoms with van der Waals surface area (Å²) in [6.07, 6.45) is 0. The lowest BCUT2D eigenvalue weighted by atomic mass is 10.1. The second-order valence-electron chi connectivity index (χ2n) is 5.49. The van der Waals surface area contributed by atoms with Gasteiger partial charge in [-0.05, 0) is 29.0 Å². The fraction of sp³-hybridized carbons (Fsp3) is 0. The molecule has 2 heteroatoms. The second kappa shape index (κ2) is 4.46. The molecule has 0 aliphatic rings. The van der Waals surface area contributed by atoms with Crippen LogP contribution < -0.4 is 0 Å². The molecule has 0 amide bonds. The van der Waals surface area contributed by atoms with Gasteiger partial charge in [0.1, 0.15) is 0 Å². The molecule has 0 radical (unpaired) electrons. The number of hydrogen-bond donors (Lipinski definition) is 0. The molecule has 2 aromatic heterocycles. The Kier molecular flexibility index (Phi) is 2.43. The van der Waals surface area contributed by atoms with Crippen molar-refractivity contribution in [2.45, 2.75) is 0 Å². The molecule has 3 aromatic carbocycles. The van der Waals surface area contributed by atoms with Gasteiger partial charge in [-0.1, -0.05) is 54.6 Å². The van der Waals surface area contributed by atoms with Crippen LogP contribution in [-0.4, -0.2) is 4.57 Å². The van der Waals surface area contributed by atoms with Crippen molar-refractivity contribution < 1.29 is 0 Å². The minimum Gasteiger partial charge on any atom is -0.308 e. The zero-order valence-corrected chi connectivity index (χ0v) is 12.7. The normalized spacial score (nSPS) is 11.6. The van der Waals surface area contributed by atoms with E-state index < -0.39 is 0 Å². The van der Waals surface area contributed by atoms with E-state index in [9.17, 15) is 0 Å². The third kappa shape index (κ3) is 1.53. The lowest BCUT2D eigenvalue weighted by Gasteiger charge is -2.10. The molecule has 0 saturated heterocycles. The Balaban J connectivity index is 2.02. The summed E-state index contributed by atoms with van der Waals surface area (Å²) >= 11 is 1.82. The standard InChI is InChI=1S/C20H13NS/c1-2-8-15-14(6-1)7-5-11-17(15)21-18-10-4-3-9-16(18)20-19(21)12-13-22-20/h1-13H. The van der Waals surface area contributed by atoms with Crippen LogP contribution in [0.5, 0.6) is 0 Å². The first-order valence-electron chi connectivity index (χ1n) is 7.38. The number of rotatable bonds is 1. The van der Waals surface area contributed by atoms with E-state index in [0.717, 1.165) is 0 Å². The van der Waals surface area contributed by atoms with Gasteiger partial charge >= 0.3 is 0 Å². The molecule has 0 unspecified atom stereocenters. The highest BCUT2D eigenvalue weighted by Crippen LogP contribution is 2.36. The summed E-state index contributed by atoms with van der Waals surface area (Å²) in [6.45, 7) is 0. The molecule has 0 bridgehead atoms. The molecular weight excluding hydrogens is 286 g/mol. The van der Waals surface area contributed by atoms with E-state index in [1.807, 2.05) is 11.3 Å². The zero-order chi connectivity index (χ0) is 14.5. The summed E-state index contributed by atoms with van der Waals surface area (Å²) in [5, 5.41) is 6.08. The maximum atomic E-state index is 2.39. The summed E-state index contributed by atoms with van der Waals surface area (Å²) < 4.78 is 3.76. The number of nitrogens with zero attached hydrogens (tertiary/aromatic N) is 1. The third-order valence-electron chi connectivity index (χ3n) is 4.28. The fourth-order valence-electron chi connectivity index (χ4n) is 3.33. The first-order valence-corrected chi connectivity index (χ1v) is 8.26. The van der Waals surface area contributed by atoms with E-state index >= 15 is 0 Å². The minimum absolute atomic E-state index is 1.25. The number of benzene rings is 3. The molecule has 0 aliphatic heterocycles. The Morgan fingerprint density at radius 2 is 1.41 bits per heavy atom. The molecule has 0 N–H and O–H groups in total. The van der Waals surface area contributed by atoms with Crippen LogP contribution in [-0.2, 0) is 0 Å². The highest BCUT2D eigenvalue weighted by atomic mass is 32.1. The molecule has 2 heterocycles. The first kappa shape index (κ1) is 12.0. The van der Waals surface area contributed by atoms with Crippen LogP contribution in [0.4, 0.5) is 0 Å². The van der Waals surface area contributed by atoms with Gasteiger partial charge in [0.25, 0.3) is 0 Å². The summed E-state index contributed by atoms with van der Waals surface area (Å²) in [7, 11) is 0. The van der Waals surface area contributed by atoms with Gasteiger partial charge in [-0.15, -0.1) is 11.3 Å². The number of aromatic nitrogens is 1. The van der Waals surface area contributed by atoms with E-state index in [1.165, 1.54) is 37.6 Å². The molecule has 104 valence electrons. The lowest BCUT2D eigenvalue weighted by molar-refractivity contribution is 1.20. The van der Waals surface area contributed by atoms with Crippen molar-refractivity contribution in [1.29, 1.82) is 0 Å². The van der Waals surface area contributed by atoms with Gasteiger partial charge < -0.3 is 4.57 Å². The van der Waals surface area contributed by atoms with Crippen LogP contribution in [0.3, 0.4) is 0 Å². The second-order valence-corrected chi connectivity index (χ2v) is 6.40. The first-order chi connectivity index (χ1) is 10.9. The smallest absolute Gasteiger partial charge is 0.0649 e. The topological polar surface area (TPSA) is 4.93 Å². The zero-order valence-electron chi connectivity index (χ0n) is 11.9. The van der Waals surface area contributed by atoms with Crippen molar-refractivity contribution in [3.8, 4) is 5.69 Å². The molecule has 5 rings (SSSR count). The Morgan fingerprint density at radius 1 is 0.636 bits per heavy atom. The molecule has 1 nitrogen and oxygen atoms in total. The number of thiophene rings is 1. The Bertz CT molecular complexity index is 1130. The van der Waals surface area contributed by atoms with Gasteiger partial charge in [0.15, 0.2) is 0 Å². The van der Waals surface area contributed by atoms with Crippen LogP contribution in [0.2, 0.25) is 0 Å². The molecule has 5 aromatic rings. The van der Waals surface area contributed by atoms with Crippen LogP contribution >= 0.6 is 11.3 Å². The maximum absolute atomic E-state index is 2.39. The van der Waals surface area contributed by atoms with Crippen molar-refractivity contribution in [1.82, 2.24) is 4.57 Å². The van der Waals surface area contributed by atoms with Crippen LogP contribution in [0, 0.1) is 0 Å². The van der Waals surface area contributed by atoms with Crippen LogP contribution in [0.25, 0.3) is 37.6 Å². The number of hydrogen-bond acceptors (Lipinski definition) is 1. The summed E-state index contributed by atoms with van der Waals surface area (Å²) in [5.74, 6) is 0. The monoisotopic (exact) mass is 299 g/mol. The predicted molar refractivity (Wildman–Crippen MR) is 96.2 cm³/mol. The minimum atomic E-state index is 1.25. The molecular formula is C20H13NS. The Hall–Kier alpha value is -2.58. The summed E-state index contributed by atoms with van der Waals surface area (Å²) in [6, 6.07) is 26.0. The molecule has 0 fully saturated rings. The van der Waals surface area contributed by atoms with E-state index in [-0.39, 0.29) is 0 Å². The molecule has 0 saturated carbocycles. The van der Waals surface area contributed by atoms with E-state index in [0.29, 0.717) is 0 Å². The van der Waals surface area contributed by atoms with Crippen molar-refractivity contribution >= 4 is 43.2 Å². The molecule has 22 heavy (non-hydrogen) atoms. The lowest BCUT2D eigenvalue weighted by Crippen LogP contribution is -1.94. The molecule has 0 atom stereocenters. The van der Waals surface area contributed by atoms with Crippen molar-refractivity contribution in [2.24, 2.45) is 0 Å². The van der Waals surface area contributed by atoms with E-state index in [1.54, 1.807) is 0 Å². The largest absolute Gasteiger partial charge is 0.308 e. The van der Waals surface area contributed by atoms with Gasteiger partial charge in [-0.25, -0.2) is 0 Å². The van der Waals surface area contributed by atoms with Gasteiger partial charge in [0.05, 0.1) is 21.4 Å². The Morgan fingerprint density at radius 3 is 2.36 bits per heavy atom. The van der Waals surface area contributed by atoms with Crippen molar-refractivity contribution in [2.75, 3.05) is 0 Å². The fourth-order valence-corrected chi connectivity index (χ4v) is 4.25. The SMILES string of the molecule is c1ccc2c(-n3c4ccccc4c4sccc43)cccc2c1. The van der Waals surface area contributed by atoms with Crippen molar-refractivity contribution in [3.63, 3.8) is 0 Å². The maximum Gasteiger partial charge on any atom is 0.0649 e.